The molecule has 35 heteroatoms. The van der Waals surface area contributed by atoms with Gasteiger partial charge in [0.1, 0.15) is 59.5 Å². The highest BCUT2D eigenvalue weighted by Crippen LogP contribution is 2.26. The van der Waals surface area contributed by atoms with Crippen molar-refractivity contribution in [1.29, 1.82) is 0 Å². The van der Waals surface area contributed by atoms with E-state index in [4.69, 9.17) is 34.4 Å². The lowest BCUT2D eigenvalue weighted by Gasteiger charge is -2.29. The first-order valence-electron chi connectivity index (χ1n) is 27.9. The van der Waals surface area contributed by atoms with Crippen LogP contribution in [0.2, 0.25) is 0 Å². The second-order valence-corrected chi connectivity index (χ2v) is 23.3. The van der Waals surface area contributed by atoms with E-state index in [-0.39, 0.29) is 76.1 Å². The molecule has 0 aromatic heterocycles. The molecule has 0 radical (unpaired) electrons. The number of carboxylic acid groups (broad SMARTS) is 1. The van der Waals surface area contributed by atoms with Crippen molar-refractivity contribution in [3.8, 4) is 5.75 Å². The summed E-state index contributed by atoms with van der Waals surface area (Å²) in [4.78, 5) is 185. The number of phenols is 1. The molecule has 0 bridgehead atoms. The third-order valence-electron chi connectivity index (χ3n) is 13.1. The standard InChI is InChI=1S/C52H84N16O17S2/c1-25(2)41(52(84)85)67-47(79)32-14-15-39(74)60-19-16-40(75)59-18-7-5-9-31(46(78)68-42(26(3)69)51(83)63-32)61-45(77)30(8-4-6-17-53)62-48(80)33(20-27-10-12-28(70)13-11-27)64-49(81)34(21-37(56)72)65-50(82)35(23-54)66-44(76)29(55)24-86-87-43(58)36(71)22-38(57)73/h10-13,25-26,29-35,41-43,69-70H,4-9,14-24,53-55,58H2,1-3H3,(H2,56,72)(H2,57,73)(H,59,75)(H,60,74)(H,61,77)(H,62,80)(H,63,83)(H,64,81)(H,65,82)(H,66,76)(H,67,79)(H,68,78)(H,84,85)/t26-,29?,30+,31?,32+,33+,34+,35+,41+,42?,43+/m1/s1. The number of aromatic hydroxyl groups is 1. The van der Waals surface area contributed by atoms with Crippen LogP contribution in [0.3, 0.4) is 0 Å². The second-order valence-electron chi connectivity index (χ2n) is 20.7. The Labute approximate surface area is 509 Å². The number of rotatable bonds is 31. The average molecular weight is 1270 g/mol. The van der Waals surface area contributed by atoms with Gasteiger partial charge in [0.15, 0.2) is 5.78 Å². The molecule has 1 fully saturated rings. The maximum absolute atomic E-state index is 14.5. The Kier molecular flexibility index (Phi) is 33.9. The molecule has 0 aliphatic carbocycles. The van der Waals surface area contributed by atoms with Gasteiger partial charge in [-0.3, -0.25) is 62.3 Å². The molecule has 0 spiro atoms. The molecule has 25 N–H and O–H groups in total. The quantitative estimate of drug-likeness (QED) is 0.0142. The fourth-order valence-electron chi connectivity index (χ4n) is 8.13. The van der Waals surface area contributed by atoms with Gasteiger partial charge in [-0.15, -0.1) is 0 Å². The summed E-state index contributed by atoms with van der Waals surface area (Å²) in [5.41, 5.74) is 34.2. The van der Waals surface area contributed by atoms with E-state index < -0.39 is 187 Å². The van der Waals surface area contributed by atoms with Crippen molar-refractivity contribution >= 4 is 104 Å². The zero-order chi connectivity index (χ0) is 65.5. The number of nitrogens with two attached hydrogens (primary N) is 6. The van der Waals surface area contributed by atoms with Crippen LogP contribution in [0, 0.1) is 5.92 Å². The molecule has 1 saturated heterocycles. The highest BCUT2D eigenvalue weighted by Gasteiger charge is 2.37. The minimum atomic E-state index is -1.84. The van der Waals surface area contributed by atoms with Crippen molar-refractivity contribution in [2.24, 2.45) is 40.3 Å². The summed E-state index contributed by atoms with van der Waals surface area (Å²) < 4.78 is 0. The van der Waals surface area contributed by atoms with Gasteiger partial charge in [-0.25, -0.2) is 4.79 Å². The molecule has 33 nitrogen and oxygen atoms in total. The number of ketones is 1. The summed E-state index contributed by atoms with van der Waals surface area (Å²) >= 11 is 0. The van der Waals surface area contributed by atoms with Gasteiger partial charge in [0, 0.05) is 44.6 Å². The van der Waals surface area contributed by atoms with Crippen LogP contribution in [0.4, 0.5) is 0 Å². The fourth-order valence-corrected chi connectivity index (χ4v) is 10.3. The molecule has 12 amide bonds. The number of aliphatic hydroxyl groups excluding tert-OH is 1. The Hall–Kier alpha value is -7.70. The molecule has 1 aliphatic rings. The van der Waals surface area contributed by atoms with Gasteiger partial charge in [0.2, 0.25) is 70.9 Å². The monoisotopic (exact) mass is 1270 g/mol. The predicted molar refractivity (Wildman–Crippen MR) is 316 cm³/mol. The van der Waals surface area contributed by atoms with Crippen LogP contribution in [0.25, 0.3) is 0 Å². The van der Waals surface area contributed by atoms with Crippen LogP contribution in [0.1, 0.15) is 97.0 Å². The fraction of sp³-hybridized carbons (Fsp3) is 0.615. The van der Waals surface area contributed by atoms with Crippen LogP contribution >= 0.6 is 21.6 Å². The number of nitrogens with one attached hydrogen (secondary N) is 10. The number of carbonyl (C=O) groups excluding carboxylic acids is 13. The summed E-state index contributed by atoms with van der Waals surface area (Å²) in [7, 11) is 1.71. The van der Waals surface area contributed by atoms with Gasteiger partial charge in [0.25, 0.3) is 0 Å². The van der Waals surface area contributed by atoms with E-state index in [1.165, 1.54) is 38.1 Å². The summed E-state index contributed by atoms with van der Waals surface area (Å²) in [5.74, 6) is -14.5. The maximum Gasteiger partial charge on any atom is 0.326 e. The average Bonchev–Trinajstić information content (AvgIpc) is 3.08. The van der Waals surface area contributed by atoms with E-state index in [1.807, 2.05) is 0 Å². The number of carbonyl (C=O) groups is 14. The van der Waals surface area contributed by atoms with Crippen LogP contribution in [0.5, 0.6) is 5.75 Å². The summed E-state index contributed by atoms with van der Waals surface area (Å²) in [6, 6.07) is -8.93. The minimum absolute atomic E-state index is 0.0803. The lowest BCUT2D eigenvalue weighted by molar-refractivity contribution is -0.144. The van der Waals surface area contributed by atoms with Gasteiger partial charge in [-0.2, -0.15) is 0 Å². The smallest absolute Gasteiger partial charge is 0.326 e. The van der Waals surface area contributed by atoms with Crippen LogP contribution < -0.4 is 87.6 Å². The number of aliphatic carboxylic acids is 1. The Bertz CT molecular complexity index is 2570. The Morgan fingerprint density at radius 2 is 1.29 bits per heavy atom. The molecule has 486 valence electrons. The molecule has 1 aliphatic heterocycles. The van der Waals surface area contributed by atoms with Crippen molar-refractivity contribution in [3.63, 3.8) is 0 Å². The Balaban J connectivity index is 2.52. The largest absolute Gasteiger partial charge is 0.508 e. The summed E-state index contributed by atoms with van der Waals surface area (Å²) in [5, 5.41) is 54.0. The van der Waals surface area contributed by atoms with Crippen molar-refractivity contribution in [3.05, 3.63) is 29.8 Å². The number of hydrogen-bond donors (Lipinski definition) is 19. The van der Waals surface area contributed by atoms with Gasteiger partial charge in [-0.1, -0.05) is 47.6 Å². The zero-order valence-electron chi connectivity index (χ0n) is 48.6. The van der Waals surface area contributed by atoms with Crippen LogP contribution in [-0.2, 0) is 73.5 Å². The van der Waals surface area contributed by atoms with Crippen LogP contribution in [-0.4, -0.2) is 196 Å². The Morgan fingerprint density at radius 1 is 0.690 bits per heavy atom. The normalized spacial score (nSPS) is 19.2. The van der Waals surface area contributed by atoms with E-state index in [0.717, 1.165) is 28.5 Å². The summed E-state index contributed by atoms with van der Waals surface area (Å²) in [6.07, 6.45) is -3.89. The van der Waals surface area contributed by atoms with Crippen molar-refractivity contribution in [1.82, 2.24) is 53.2 Å². The number of hydrogen-bond acceptors (Lipinski definition) is 22. The highest BCUT2D eigenvalue weighted by molar-refractivity contribution is 8.77. The second kappa shape index (κ2) is 39.2. The van der Waals surface area contributed by atoms with Crippen molar-refractivity contribution in [2.75, 3.05) is 31.9 Å². The maximum atomic E-state index is 14.5. The van der Waals surface area contributed by atoms with Gasteiger partial charge < -0.3 is 103 Å². The molecule has 1 heterocycles. The molecule has 1 aromatic carbocycles. The first kappa shape index (κ1) is 75.4. The van der Waals surface area contributed by atoms with Gasteiger partial charge in [-0.05, 0) is 82.0 Å². The molecular weight excluding hydrogens is 1180 g/mol. The lowest BCUT2D eigenvalue weighted by atomic mass is 10.0. The molecule has 3 unspecified atom stereocenters. The predicted octanol–water partition coefficient (Wildman–Crippen LogP) is -7.08. The number of unbranched alkanes of at least 4 members (excludes halogenated alkanes) is 1. The molecule has 0 saturated carbocycles. The molecule has 1 aromatic rings. The zero-order valence-corrected chi connectivity index (χ0v) is 50.2. The van der Waals surface area contributed by atoms with E-state index >= 15 is 0 Å². The number of aliphatic hydroxyl groups is 1. The number of benzene rings is 1. The highest BCUT2D eigenvalue weighted by atomic mass is 33.1. The van der Waals surface area contributed by atoms with E-state index in [2.05, 4.69) is 53.2 Å². The van der Waals surface area contributed by atoms with E-state index in [0.29, 0.717) is 12.0 Å². The molecule has 87 heavy (non-hydrogen) atoms. The first-order valence-corrected chi connectivity index (χ1v) is 30.3. The topological polar surface area (TPSA) is 576 Å². The Morgan fingerprint density at radius 3 is 1.89 bits per heavy atom. The van der Waals surface area contributed by atoms with Crippen molar-refractivity contribution < 1.29 is 82.4 Å². The molecular formula is C52H84N16O17S2. The number of primary amides is 2. The SMILES string of the molecule is CC(C)[C@H](NC(=O)[C@@H]1CCC(=O)NCCC(=O)NCCCCC(NC(=O)[C@H](CCCCN)NC(=O)[C@H](Cc2ccc(O)cc2)NC(=O)[C@H](CC(N)=O)NC(=O)[C@H](CN)NC(=O)C(N)CSS[C@H](N)C(=O)CC(N)=O)C(=O)NC([C@@H](C)O)C(=O)N1)C(=O)O. The first-order chi connectivity index (χ1) is 41.0. The van der Waals surface area contributed by atoms with E-state index in [9.17, 15) is 82.4 Å². The van der Waals surface area contributed by atoms with Gasteiger partial charge in [0.05, 0.1) is 25.0 Å². The number of amides is 12. The third kappa shape index (κ3) is 28.6. The molecule has 2 rings (SSSR count). The number of carboxylic acids is 1. The van der Waals surface area contributed by atoms with Gasteiger partial charge >= 0.3 is 5.97 Å². The third-order valence-corrected chi connectivity index (χ3v) is 15.6. The lowest BCUT2D eigenvalue weighted by Crippen LogP contribution is -2.62. The van der Waals surface area contributed by atoms with Crippen molar-refractivity contribution in [2.45, 2.75) is 164 Å². The minimum Gasteiger partial charge on any atom is -0.508 e. The number of Topliss-reactive ketones (excluding diaryl/α,β-unsaturated/α-hetero) is 1. The molecule has 11 atom stereocenters. The number of phenolic OH excluding ortho intramolecular Hbond substituents is 1. The van der Waals surface area contributed by atoms with Crippen LogP contribution in [0.15, 0.2) is 24.3 Å². The van der Waals surface area contributed by atoms with E-state index in [1.54, 1.807) is 0 Å². The summed E-state index contributed by atoms with van der Waals surface area (Å²) in [6.45, 7) is 3.72.